The van der Waals surface area contributed by atoms with Crippen molar-refractivity contribution >= 4 is 11.7 Å². The zero-order chi connectivity index (χ0) is 12.6. The number of pyridine rings is 1. The van der Waals surface area contributed by atoms with Crippen molar-refractivity contribution in [2.75, 3.05) is 7.11 Å². The van der Waals surface area contributed by atoms with Crippen LogP contribution in [0.15, 0.2) is 30.2 Å². The highest BCUT2D eigenvalue weighted by Gasteiger charge is 2.41. The highest BCUT2D eigenvalue weighted by atomic mass is 16.5. The Morgan fingerprint density at radius 3 is 2.71 bits per heavy atom. The van der Waals surface area contributed by atoms with E-state index >= 15 is 0 Å². The number of ether oxygens (including phenoxy) is 1. The lowest BCUT2D eigenvalue weighted by Gasteiger charge is -2.23. The van der Waals surface area contributed by atoms with Crippen molar-refractivity contribution in [1.29, 1.82) is 0 Å². The van der Waals surface area contributed by atoms with Gasteiger partial charge in [-0.15, -0.1) is 0 Å². The second kappa shape index (κ2) is 4.20. The lowest BCUT2D eigenvalue weighted by molar-refractivity contribution is -0.594. The molecule has 0 radical (unpaired) electrons. The number of rotatable bonds is 1. The summed E-state index contributed by atoms with van der Waals surface area (Å²) in [6.07, 6.45) is 1.76. The molecule has 1 aliphatic heterocycles. The minimum Gasteiger partial charge on any atom is -0.505 e. The van der Waals surface area contributed by atoms with Gasteiger partial charge in [-0.25, -0.2) is 4.79 Å². The van der Waals surface area contributed by atoms with Crippen LogP contribution in [0.2, 0.25) is 0 Å². The lowest BCUT2D eigenvalue weighted by atomic mass is 9.86. The molecule has 0 saturated carbocycles. The summed E-state index contributed by atoms with van der Waals surface area (Å²) >= 11 is 0. The smallest absolute Gasteiger partial charge is 0.407 e. The molecule has 90 valence electrons. The summed E-state index contributed by atoms with van der Waals surface area (Å²) in [5.41, 5.74) is 1.21. The Kier molecular flexibility index (Phi) is 2.88. The topological polar surface area (TPSA) is 50.4 Å². The largest absolute Gasteiger partial charge is 0.505 e. The fourth-order valence-electron chi connectivity index (χ4n) is 2.16. The summed E-state index contributed by atoms with van der Waals surface area (Å²) in [6, 6.07) is 5.70. The average molecular weight is 234 g/mol. The Hall–Kier alpha value is -1.84. The number of nitrogens with zero attached hydrogens (tertiary/aromatic N) is 1. The fraction of sp³-hybridized carbons (Fsp3) is 0.385. The van der Waals surface area contributed by atoms with Crippen molar-refractivity contribution in [2.24, 2.45) is 5.92 Å². The molecule has 4 heteroatoms. The molecule has 2 atom stereocenters. The molecule has 2 rings (SSSR count). The molecule has 0 bridgehead atoms. The first-order valence-corrected chi connectivity index (χ1v) is 5.60. The number of hydrogen-bond acceptors (Lipinski definition) is 3. The molecular formula is C13H16NO3+. The van der Waals surface area contributed by atoms with E-state index in [-0.39, 0.29) is 23.3 Å². The number of aliphatic hydroxyl groups is 1. The maximum absolute atomic E-state index is 11.7. The molecule has 1 aromatic heterocycles. The highest BCUT2D eigenvalue weighted by molar-refractivity contribution is 6.06. The van der Waals surface area contributed by atoms with Crippen LogP contribution in [0.5, 0.6) is 0 Å². The van der Waals surface area contributed by atoms with Gasteiger partial charge in [0.25, 0.3) is 0 Å². The molecule has 0 aliphatic carbocycles. The molecule has 0 amide bonds. The van der Waals surface area contributed by atoms with Crippen molar-refractivity contribution < 1.29 is 19.2 Å². The Balaban J connectivity index is 2.66. The quantitative estimate of drug-likeness (QED) is 0.593. The lowest BCUT2D eigenvalue weighted by Crippen LogP contribution is -2.47. The number of methoxy groups -OCH3 is 1. The summed E-state index contributed by atoms with van der Waals surface area (Å²) in [7, 11) is 1.31. The molecule has 1 N–H and O–H groups in total. The van der Waals surface area contributed by atoms with Gasteiger partial charge >= 0.3 is 11.7 Å². The van der Waals surface area contributed by atoms with Crippen LogP contribution in [0, 0.1) is 5.92 Å². The van der Waals surface area contributed by atoms with E-state index in [4.69, 9.17) is 4.74 Å². The molecule has 17 heavy (non-hydrogen) atoms. The zero-order valence-corrected chi connectivity index (χ0v) is 10.2. The van der Waals surface area contributed by atoms with Gasteiger partial charge < -0.3 is 9.84 Å². The van der Waals surface area contributed by atoms with Crippen LogP contribution in [0.25, 0.3) is 5.70 Å². The summed E-state index contributed by atoms with van der Waals surface area (Å²) in [4.78, 5) is 11.7. The number of hydrogen-bond donors (Lipinski definition) is 1. The summed E-state index contributed by atoms with van der Waals surface area (Å²) in [6.45, 7) is 3.93. The van der Waals surface area contributed by atoms with Crippen LogP contribution in [0.3, 0.4) is 0 Å². The van der Waals surface area contributed by atoms with Crippen LogP contribution >= 0.6 is 0 Å². The van der Waals surface area contributed by atoms with E-state index in [0.29, 0.717) is 0 Å². The van der Waals surface area contributed by atoms with Crippen molar-refractivity contribution in [2.45, 2.75) is 19.8 Å². The maximum Gasteiger partial charge on any atom is 0.407 e. The summed E-state index contributed by atoms with van der Waals surface area (Å²) < 4.78 is 6.42. The van der Waals surface area contributed by atoms with Crippen molar-refractivity contribution in [3.63, 3.8) is 0 Å². The van der Waals surface area contributed by atoms with Crippen molar-refractivity contribution in [3.05, 3.63) is 35.8 Å². The van der Waals surface area contributed by atoms with Crippen molar-refractivity contribution in [3.8, 4) is 0 Å². The number of esters is 1. The average Bonchev–Trinajstić information content (AvgIpc) is 2.36. The van der Waals surface area contributed by atoms with Gasteiger partial charge in [-0.3, -0.25) is 0 Å². The van der Waals surface area contributed by atoms with E-state index in [0.717, 1.165) is 5.69 Å². The highest BCUT2D eigenvalue weighted by Crippen LogP contribution is 2.32. The van der Waals surface area contributed by atoms with E-state index in [1.165, 1.54) is 7.11 Å². The van der Waals surface area contributed by atoms with Gasteiger partial charge in [0.1, 0.15) is 0 Å². The summed E-state index contributed by atoms with van der Waals surface area (Å²) in [5, 5.41) is 10.1. The third-order valence-electron chi connectivity index (χ3n) is 3.40. The van der Waals surface area contributed by atoms with Gasteiger partial charge in [0.15, 0.2) is 17.6 Å². The van der Waals surface area contributed by atoms with E-state index in [1.54, 1.807) is 10.8 Å². The van der Waals surface area contributed by atoms with Gasteiger partial charge in [-0.1, -0.05) is 19.9 Å². The first-order valence-electron chi connectivity index (χ1n) is 5.60. The van der Waals surface area contributed by atoms with Crippen LogP contribution < -0.4 is 4.57 Å². The van der Waals surface area contributed by atoms with Gasteiger partial charge in [-0.05, 0) is 0 Å². The molecule has 0 aromatic carbocycles. The van der Waals surface area contributed by atoms with Gasteiger partial charge in [0.05, 0.1) is 13.0 Å². The number of aromatic nitrogens is 1. The molecule has 1 aromatic rings. The second-order valence-corrected chi connectivity index (χ2v) is 4.30. The molecule has 0 fully saturated rings. The minimum absolute atomic E-state index is 0.0908. The van der Waals surface area contributed by atoms with Crippen LogP contribution in [0.4, 0.5) is 0 Å². The van der Waals surface area contributed by atoms with E-state index < -0.39 is 5.97 Å². The van der Waals surface area contributed by atoms with E-state index in [1.807, 2.05) is 32.0 Å². The molecule has 1 aliphatic rings. The second-order valence-electron chi connectivity index (χ2n) is 4.30. The third kappa shape index (κ3) is 1.69. The predicted molar refractivity (Wildman–Crippen MR) is 62.1 cm³/mol. The van der Waals surface area contributed by atoms with E-state index in [9.17, 15) is 9.90 Å². The zero-order valence-electron chi connectivity index (χ0n) is 10.2. The Labute approximate surface area is 100 Å². The van der Waals surface area contributed by atoms with Crippen LogP contribution in [-0.4, -0.2) is 18.2 Å². The van der Waals surface area contributed by atoms with Gasteiger partial charge in [0.2, 0.25) is 0 Å². The molecule has 0 unspecified atom stereocenters. The Morgan fingerprint density at radius 2 is 2.06 bits per heavy atom. The predicted octanol–water partition coefficient (Wildman–Crippen LogP) is 1.63. The minimum atomic E-state index is -0.515. The van der Waals surface area contributed by atoms with E-state index in [2.05, 4.69) is 0 Å². The fourth-order valence-corrected chi connectivity index (χ4v) is 2.16. The first-order chi connectivity index (χ1) is 8.07. The number of fused-ring (bicyclic) bond motifs is 1. The number of allylic oxidation sites excluding steroid dienone is 1. The maximum atomic E-state index is 11.7. The summed E-state index contributed by atoms with van der Waals surface area (Å²) in [5.74, 6) is -0.358. The molecule has 2 heterocycles. The van der Waals surface area contributed by atoms with Gasteiger partial charge in [-0.2, -0.15) is 4.57 Å². The molecule has 0 saturated heterocycles. The van der Waals surface area contributed by atoms with Crippen molar-refractivity contribution in [1.82, 2.24) is 0 Å². The monoisotopic (exact) mass is 234 g/mol. The molecule has 4 nitrogen and oxygen atoms in total. The normalized spacial score (nSPS) is 23.2. The Morgan fingerprint density at radius 1 is 1.35 bits per heavy atom. The first kappa shape index (κ1) is 11.6. The van der Waals surface area contributed by atoms with Crippen LogP contribution in [0.1, 0.15) is 25.5 Å². The SMILES string of the molecule is COC(=O)C1=C(O)[C@@H](C)[C@H](C)c2cccc[n+]21. The Bertz CT molecular complexity index is 493. The standard InChI is InChI=1S/C13H15NO3/c1-8-9(2)12(15)11(13(16)17-3)14-7-5-4-6-10(8)14/h4-9H,1-3H3/p+1/t8-,9-/m0/s1. The molecular weight excluding hydrogens is 218 g/mol. The number of carbonyl (C=O) groups excluding carboxylic acids is 1. The van der Waals surface area contributed by atoms with Gasteiger partial charge in [0, 0.05) is 18.1 Å². The van der Waals surface area contributed by atoms with Crippen LogP contribution in [-0.2, 0) is 9.53 Å². The number of carbonyl (C=O) groups is 1. The third-order valence-corrected chi connectivity index (χ3v) is 3.40. The molecule has 0 spiro atoms. The number of aliphatic hydroxyl groups excluding tert-OH is 1.